The first-order valence-electron chi connectivity index (χ1n) is 2.76. The van der Waals surface area contributed by atoms with Gasteiger partial charge >= 0.3 is 0 Å². The summed E-state index contributed by atoms with van der Waals surface area (Å²) in [7, 11) is 0. The van der Waals surface area contributed by atoms with E-state index < -0.39 is 0 Å². The summed E-state index contributed by atoms with van der Waals surface area (Å²) in [4.78, 5) is 0. The van der Waals surface area contributed by atoms with Gasteiger partial charge in [-0.2, -0.15) is 0 Å². The van der Waals surface area contributed by atoms with Gasteiger partial charge < -0.3 is 16.5 Å². The molecular weight excluding hydrogens is 290 g/mol. The van der Waals surface area contributed by atoms with Crippen LogP contribution >= 0.6 is 0 Å². The van der Waals surface area contributed by atoms with Gasteiger partial charge in [0.05, 0.1) is 6.17 Å². The molecule has 0 saturated carbocycles. The predicted molar refractivity (Wildman–Crippen MR) is 31.4 cm³/mol. The molecule has 1 saturated heterocycles. The first-order valence-corrected chi connectivity index (χ1v) is 2.76. The Morgan fingerprint density at radius 2 is 2.11 bits per heavy atom. The molecule has 55 valence electrons. The molecule has 1 fully saturated rings. The van der Waals surface area contributed by atoms with Crippen molar-refractivity contribution in [1.82, 2.24) is 16.4 Å². The standard InChI is InChI=1S/C4H11N4.Re/c1-3(2)4-5-7-8-6-4;/h3-7H,1-2H3;/q-1;. The van der Waals surface area contributed by atoms with Gasteiger partial charge in [0.25, 0.3) is 0 Å². The summed E-state index contributed by atoms with van der Waals surface area (Å²) >= 11 is 0. The maximum atomic E-state index is 3.67. The van der Waals surface area contributed by atoms with E-state index >= 15 is 0 Å². The summed E-state index contributed by atoms with van der Waals surface area (Å²) < 4.78 is 0. The molecule has 4 nitrogen and oxygen atoms in total. The van der Waals surface area contributed by atoms with Crippen LogP contribution in [0.1, 0.15) is 13.8 Å². The van der Waals surface area contributed by atoms with Gasteiger partial charge in [0.1, 0.15) is 0 Å². The molecule has 1 aliphatic heterocycles. The molecule has 0 aliphatic carbocycles. The van der Waals surface area contributed by atoms with Crippen LogP contribution in [-0.4, -0.2) is 6.17 Å². The Bertz CT molecular complexity index is 71.0. The fourth-order valence-electron chi connectivity index (χ4n) is 0.552. The van der Waals surface area contributed by atoms with Gasteiger partial charge in [0.2, 0.25) is 0 Å². The van der Waals surface area contributed by atoms with Crippen LogP contribution in [-0.2, 0) is 20.4 Å². The largest absolute Gasteiger partial charge is 0.517 e. The maximum absolute atomic E-state index is 3.67. The number of hydrogen-bond donors (Lipinski definition) is 3. The number of hydrazine groups is 1. The van der Waals surface area contributed by atoms with E-state index in [2.05, 4.69) is 35.8 Å². The van der Waals surface area contributed by atoms with Gasteiger partial charge in [-0.25, -0.2) is 0 Å². The van der Waals surface area contributed by atoms with E-state index in [1.807, 2.05) is 0 Å². The zero-order valence-electron chi connectivity index (χ0n) is 5.48. The quantitative estimate of drug-likeness (QED) is 0.632. The summed E-state index contributed by atoms with van der Waals surface area (Å²) in [6, 6.07) is 0. The Kier molecular flexibility index (Phi) is 4.58. The van der Waals surface area contributed by atoms with E-state index in [1.54, 1.807) is 0 Å². The van der Waals surface area contributed by atoms with Crippen LogP contribution in [0, 0.1) is 5.92 Å². The van der Waals surface area contributed by atoms with Crippen molar-refractivity contribution in [2.24, 2.45) is 5.92 Å². The van der Waals surface area contributed by atoms with Crippen LogP contribution in [0.3, 0.4) is 0 Å². The first-order chi connectivity index (χ1) is 3.80. The molecule has 1 atom stereocenters. The zero-order chi connectivity index (χ0) is 5.98. The van der Waals surface area contributed by atoms with Crippen molar-refractivity contribution in [2.45, 2.75) is 20.0 Å². The van der Waals surface area contributed by atoms with Crippen molar-refractivity contribution in [3.8, 4) is 0 Å². The monoisotopic (exact) mass is 302 g/mol. The smallest absolute Gasteiger partial charge is 0.0556 e. The zero-order valence-corrected chi connectivity index (χ0v) is 8.20. The van der Waals surface area contributed by atoms with Crippen molar-refractivity contribution >= 4 is 0 Å². The minimum atomic E-state index is 0. The van der Waals surface area contributed by atoms with Gasteiger partial charge in [0.15, 0.2) is 0 Å². The minimum Gasteiger partial charge on any atom is -0.517 e. The Labute approximate surface area is 68.7 Å². The van der Waals surface area contributed by atoms with E-state index in [-0.39, 0.29) is 26.6 Å². The van der Waals surface area contributed by atoms with E-state index in [0.717, 1.165) is 0 Å². The Balaban J connectivity index is 0.000000640. The average Bonchev–Trinajstić information content (AvgIpc) is 2.12. The predicted octanol–water partition coefficient (Wildman–Crippen LogP) is -0.133. The first kappa shape index (κ1) is 9.50. The normalized spacial score (nSPS) is 26.3. The molecule has 0 aromatic carbocycles. The Hall–Kier alpha value is 0.502. The van der Waals surface area contributed by atoms with Crippen molar-refractivity contribution in [1.29, 1.82) is 0 Å². The third-order valence-corrected chi connectivity index (χ3v) is 1.15. The molecule has 1 rings (SSSR count). The summed E-state index contributed by atoms with van der Waals surface area (Å²) in [6.45, 7) is 4.24. The fraction of sp³-hybridized carbons (Fsp3) is 1.00. The van der Waals surface area contributed by atoms with Crippen molar-refractivity contribution in [2.75, 3.05) is 0 Å². The Morgan fingerprint density at radius 1 is 1.44 bits per heavy atom. The van der Waals surface area contributed by atoms with Gasteiger partial charge in [-0.3, -0.25) is 5.43 Å². The van der Waals surface area contributed by atoms with Gasteiger partial charge in [-0.05, 0) is 5.92 Å². The molecule has 9 heavy (non-hydrogen) atoms. The molecule has 1 aliphatic rings. The fourth-order valence-corrected chi connectivity index (χ4v) is 0.552. The van der Waals surface area contributed by atoms with E-state index in [4.69, 9.17) is 0 Å². The van der Waals surface area contributed by atoms with Crippen LogP contribution in [0.25, 0.3) is 5.53 Å². The summed E-state index contributed by atoms with van der Waals surface area (Å²) in [6.07, 6.45) is 0.287. The van der Waals surface area contributed by atoms with Crippen LogP contribution in [0.4, 0.5) is 0 Å². The number of nitrogens with zero attached hydrogens (tertiary/aromatic N) is 1. The molecule has 0 aromatic heterocycles. The average molecular weight is 301 g/mol. The van der Waals surface area contributed by atoms with Crippen molar-refractivity contribution < 1.29 is 20.4 Å². The maximum Gasteiger partial charge on any atom is 0.0556 e. The van der Waals surface area contributed by atoms with E-state index in [9.17, 15) is 0 Å². The molecule has 1 heterocycles. The number of nitrogens with one attached hydrogen (secondary N) is 3. The topological polar surface area (TPSA) is 50.2 Å². The SMILES string of the molecule is CC(C)C1N[N-]NN1.[Re]. The van der Waals surface area contributed by atoms with Gasteiger partial charge in [-0.1, -0.05) is 13.8 Å². The molecule has 0 amide bonds. The van der Waals surface area contributed by atoms with Crippen LogP contribution in [0.15, 0.2) is 0 Å². The second-order valence-electron chi connectivity index (χ2n) is 2.22. The number of hydrogen-bond acceptors (Lipinski definition) is 3. The molecule has 5 heteroatoms. The number of rotatable bonds is 1. The van der Waals surface area contributed by atoms with E-state index in [1.165, 1.54) is 0 Å². The molecule has 0 spiro atoms. The summed E-state index contributed by atoms with van der Waals surface area (Å²) in [5.74, 6) is 0.564. The third-order valence-electron chi connectivity index (χ3n) is 1.15. The van der Waals surface area contributed by atoms with Gasteiger partial charge in [-0.15, -0.1) is 0 Å². The molecule has 0 aromatic rings. The molecule has 3 N–H and O–H groups in total. The minimum absolute atomic E-state index is 0. The van der Waals surface area contributed by atoms with Crippen LogP contribution in [0.5, 0.6) is 0 Å². The summed E-state index contributed by atoms with van der Waals surface area (Å²) in [5, 5.41) is 0. The molecule has 0 bridgehead atoms. The van der Waals surface area contributed by atoms with E-state index in [0.29, 0.717) is 5.92 Å². The van der Waals surface area contributed by atoms with Crippen molar-refractivity contribution in [3.05, 3.63) is 5.53 Å². The van der Waals surface area contributed by atoms with Crippen LogP contribution in [0.2, 0.25) is 0 Å². The molecule has 1 radical (unpaired) electrons. The second-order valence-corrected chi connectivity index (χ2v) is 2.22. The third kappa shape index (κ3) is 2.72. The van der Waals surface area contributed by atoms with Gasteiger partial charge in [0, 0.05) is 20.4 Å². The Morgan fingerprint density at radius 3 is 2.33 bits per heavy atom. The van der Waals surface area contributed by atoms with Crippen LogP contribution < -0.4 is 16.4 Å². The molecule has 1 unspecified atom stereocenters. The van der Waals surface area contributed by atoms with Crippen molar-refractivity contribution in [3.63, 3.8) is 0 Å². The molecular formula is C4H11N4Re-. The second kappa shape index (κ2) is 4.34. The summed E-state index contributed by atoms with van der Waals surface area (Å²) in [5.41, 5.74) is 12.1.